The van der Waals surface area contributed by atoms with Crippen LogP contribution in [0.5, 0.6) is 0 Å². The van der Waals surface area contributed by atoms with Gasteiger partial charge in [0.2, 0.25) is 0 Å². The number of thioether (sulfide) groups is 1. The lowest BCUT2D eigenvalue weighted by Gasteiger charge is -2.17. The van der Waals surface area contributed by atoms with E-state index >= 15 is 0 Å². The summed E-state index contributed by atoms with van der Waals surface area (Å²) in [7, 11) is 0. The van der Waals surface area contributed by atoms with Crippen molar-refractivity contribution in [2.75, 3.05) is 0 Å². The quantitative estimate of drug-likeness (QED) is 0.195. The van der Waals surface area contributed by atoms with Crippen LogP contribution in [0.3, 0.4) is 0 Å². The second-order valence-corrected chi connectivity index (χ2v) is 12.4. The first-order valence-corrected chi connectivity index (χ1v) is 13.6. The molecule has 0 saturated carbocycles. The third-order valence-corrected chi connectivity index (χ3v) is 8.36. The highest BCUT2D eigenvalue weighted by Crippen LogP contribution is 2.33. The summed E-state index contributed by atoms with van der Waals surface area (Å²) >= 11 is 10.1. The molecule has 6 nitrogen and oxygen atoms in total. The smallest absolute Gasteiger partial charge is 0.287 e. The molecular weight excluding hydrogens is 529 g/mol. The van der Waals surface area contributed by atoms with E-state index in [1.54, 1.807) is 44.4 Å². The topological polar surface area (TPSA) is 74.0 Å². The minimum absolute atomic E-state index is 0.235. The van der Waals surface area contributed by atoms with Crippen molar-refractivity contribution in [1.29, 1.82) is 0 Å². The van der Waals surface area contributed by atoms with Crippen molar-refractivity contribution in [3.63, 3.8) is 0 Å². The van der Waals surface area contributed by atoms with Crippen LogP contribution in [-0.2, 0) is 12.3 Å². The molecule has 0 aromatic carbocycles. The van der Waals surface area contributed by atoms with E-state index in [4.69, 9.17) is 11.6 Å². The first-order valence-electron chi connectivity index (χ1n) is 10.5. The largest absolute Gasteiger partial charge is 0.296 e. The molecule has 0 radical (unpaired) electrons. The number of hydrogen-bond acceptors (Lipinski definition) is 7. The average Bonchev–Trinajstić information content (AvgIpc) is 3.55. The van der Waals surface area contributed by atoms with Crippen LogP contribution in [-0.4, -0.2) is 26.0 Å². The van der Waals surface area contributed by atoms with Gasteiger partial charge in [-0.25, -0.2) is 4.39 Å². The molecule has 0 atom stereocenters. The maximum Gasteiger partial charge on any atom is 0.287 e. The van der Waals surface area contributed by atoms with Crippen LogP contribution in [0.25, 0.3) is 11.4 Å². The Morgan fingerprint density at radius 1 is 1.17 bits per heavy atom. The number of halogens is 2. The zero-order chi connectivity index (χ0) is 25.3. The summed E-state index contributed by atoms with van der Waals surface area (Å²) in [6.45, 7) is 5.02. The van der Waals surface area contributed by atoms with Crippen molar-refractivity contribution in [2.24, 2.45) is 5.41 Å². The summed E-state index contributed by atoms with van der Waals surface area (Å²) in [6.07, 6.45) is 0. The minimum atomic E-state index is -0.970. The van der Waals surface area contributed by atoms with E-state index in [1.165, 1.54) is 45.2 Å². The third kappa shape index (κ3) is 5.66. The molecule has 11 heteroatoms. The molecule has 182 valence electrons. The first-order chi connectivity index (χ1) is 16.5. The van der Waals surface area contributed by atoms with Crippen molar-refractivity contribution in [1.82, 2.24) is 14.3 Å². The maximum atomic E-state index is 14.2. The Hall–Kier alpha value is -2.53. The summed E-state index contributed by atoms with van der Waals surface area (Å²) in [5.74, 6) is -0.959. The van der Waals surface area contributed by atoms with Crippen LogP contribution in [0.15, 0.2) is 57.7 Å². The van der Waals surface area contributed by atoms with E-state index in [1.807, 2.05) is 12.1 Å². The summed E-state index contributed by atoms with van der Waals surface area (Å²) < 4.78 is 17.3. The molecule has 4 aromatic rings. The molecule has 0 unspecified atom stereocenters. The monoisotopic (exact) mass is 549 g/mol. The number of Topliss-reactive ketones (excluding diaryl/α,β-unsaturated/α-hetero) is 1. The predicted molar refractivity (Wildman–Crippen MR) is 140 cm³/mol. The van der Waals surface area contributed by atoms with Gasteiger partial charge in [0, 0.05) is 22.1 Å². The van der Waals surface area contributed by atoms with Gasteiger partial charge >= 0.3 is 0 Å². The minimum Gasteiger partial charge on any atom is -0.296 e. The van der Waals surface area contributed by atoms with Crippen LogP contribution in [0.1, 0.15) is 40.1 Å². The van der Waals surface area contributed by atoms with Gasteiger partial charge < -0.3 is 0 Å². The number of carbonyl (C=O) groups excluding carboxylic acids is 2. The Labute approximate surface area is 218 Å². The van der Waals surface area contributed by atoms with E-state index in [0.29, 0.717) is 25.7 Å². The van der Waals surface area contributed by atoms with Gasteiger partial charge in [-0.2, -0.15) is 9.78 Å². The lowest BCUT2D eigenvalue weighted by molar-refractivity contribution is 0.0736. The summed E-state index contributed by atoms with van der Waals surface area (Å²) in [6, 6.07) is 11.3. The van der Waals surface area contributed by atoms with Gasteiger partial charge in [0.15, 0.2) is 11.6 Å². The fraction of sp³-hybridized carbons (Fsp3) is 0.250. The lowest BCUT2D eigenvalue weighted by Crippen LogP contribution is -2.29. The number of nitrogens with zero attached hydrogens (tertiary/aromatic N) is 3. The molecule has 0 saturated heterocycles. The molecule has 0 bridgehead atoms. The van der Waals surface area contributed by atoms with Crippen molar-refractivity contribution in [3.05, 3.63) is 78.1 Å². The van der Waals surface area contributed by atoms with E-state index in [2.05, 4.69) is 5.10 Å². The van der Waals surface area contributed by atoms with Gasteiger partial charge in [-0.3, -0.25) is 19.0 Å². The average molecular weight is 550 g/mol. The summed E-state index contributed by atoms with van der Waals surface area (Å²) in [4.78, 5) is 40.1. The maximum absolute atomic E-state index is 14.2. The van der Waals surface area contributed by atoms with Gasteiger partial charge in [-0.05, 0) is 35.7 Å². The summed E-state index contributed by atoms with van der Waals surface area (Å²) in [5.41, 5.74) is -1.10. The van der Waals surface area contributed by atoms with Crippen LogP contribution in [0.4, 0.5) is 4.39 Å². The Morgan fingerprint density at radius 3 is 2.57 bits per heavy atom. The number of rotatable bonds is 7. The molecule has 35 heavy (non-hydrogen) atoms. The molecule has 0 spiro atoms. The highest BCUT2D eigenvalue weighted by molar-refractivity contribution is 7.98. The number of ketones is 1. The number of thiophene rings is 2. The molecule has 0 aliphatic heterocycles. The van der Waals surface area contributed by atoms with Crippen molar-refractivity contribution in [2.45, 2.75) is 38.1 Å². The van der Waals surface area contributed by atoms with E-state index in [9.17, 15) is 18.8 Å². The standard InChI is InChI=1S/C24H21ClFN3O3S3/c1-24(2,3)23(32)29-21(34-13-14-6-9-20(25)35-14)11-16(27-29)17-8-7-15(26)22(31)28(17)12-18(30)19-5-4-10-33-19/h4-11H,12-13H2,1-3H3. The molecular formula is C24H21ClFN3O3S3. The Balaban J connectivity index is 1.76. The van der Waals surface area contributed by atoms with Gasteiger partial charge in [-0.1, -0.05) is 38.4 Å². The molecule has 4 aromatic heterocycles. The molecule has 4 rings (SSSR count). The number of hydrogen-bond donors (Lipinski definition) is 0. The number of carbonyl (C=O) groups is 2. The fourth-order valence-corrected chi connectivity index (χ4v) is 6.00. The van der Waals surface area contributed by atoms with Gasteiger partial charge in [0.05, 0.1) is 21.5 Å². The Kier molecular flexibility index (Phi) is 7.46. The van der Waals surface area contributed by atoms with Crippen LogP contribution in [0, 0.1) is 11.2 Å². The third-order valence-electron chi connectivity index (χ3n) is 4.99. The second kappa shape index (κ2) is 10.2. The lowest BCUT2D eigenvalue weighted by atomic mass is 9.96. The van der Waals surface area contributed by atoms with Crippen LogP contribution < -0.4 is 5.56 Å². The Morgan fingerprint density at radius 2 is 1.94 bits per heavy atom. The molecule has 0 N–H and O–H groups in total. The van der Waals surface area contributed by atoms with Crippen LogP contribution >= 0.6 is 46.0 Å². The molecule has 0 aliphatic rings. The van der Waals surface area contributed by atoms with E-state index < -0.39 is 16.8 Å². The first kappa shape index (κ1) is 25.6. The van der Waals surface area contributed by atoms with Gasteiger partial charge in [-0.15, -0.1) is 34.4 Å². The summed E-state index contributed by atoms with van der Waals surface area (Å²) in [5, 5.41) is 6.82. The number of pyridine rings is 1. The van der Waals surface area contributed by atoms with Gasteiger partial charge in [0.25, 0.3) is 11.5 Å². The van der Waals surface area contributed by atoms with Crippen LogP contribution in [0.2, 0.25) is 4.34 Å². The highest BCUT2D eigenvalue weighted by atomic mass is 35.5. The van der Waals surface area contributed by atoms with Crippen molar-refractivity contribution < 1.29 is 14.0 Å². The molecule has 0 amide bonds. The van der Waals surface area contributed by atoms with E-state index in [0.717, 1.165) is 15.5 Å². The molecule has 0 fully saturated rings. The molecule has 0 aliphatic carbocycles. The fourth-order valence-electron chi connectivity index (χ4n) is 3.22. The zero-order valence-electron chi connectivity index (χ0n) is 19.1. The normalized spacial score (nSPS) is 11.7. The highest BCUT2D eigenvalue weighted by Gasteiger charge is 2.28. The SMILES string of the molecule is CC(C)(C)C(=O)n1nc(-c2ccc(F)c(=O)n2CC(=O)c2cccs2)cc1SCc1ccc(Cl)s1. The predicted octanol–water partition coefficient (Wildman–Crippen LogP) is 6.49. The Bertz CT molecular complexity index is 1450. The number of aromatic nitrogens is 3. The van der Waals surface area contributed by atoms with Crippen molar-refractivity contribution in [3.8, 4) is 11.4 Å². The second-order valence-electron chi connectivity index (χ2n) is 8.69. The van der Waals surface area contributed by atoms with Gasteiger partial charge in [0.1, 0.15) is 10.7 Å². The zero-order valence-corrected chi connectivity index (χ0v) is 22.3. The van der Waals surface area contributed by atoms with Crippen molar-refractivity contribution >= 4 is 57.7 Å². The molecule has 4 heterocycles. The van der Waals surface area contributed by atoms with E-state index in [-0.39, 0.29) is 23.9 Å².